The minimum atomic E-state index is -0.321. The maximum absolute atomic E-state index is 9.92. The number of aliphatic hydroxyl groups is 1. The highest BCUT2D eigenvalue weighted by atomic mass is 16.5. The summed E-state index contributed by atoms with van der Waals surface area (Å²) < 4.78 is 16.7. The Bertz CT molecular complexity index is 784. The Labute approximate surface area is 166 Å². The van der Waals surface area contributed by atoms with Gasteiger partial charge in [-0.05, 0) is 23.8 Å². The lowest BCUT2D eigenvalue weighted by molar-refractivity contribution is -0.0964. The molecule has 152 valence electrons. The second-order valence-corrected chi connectivity index (χ2v) is 7.18. The van der Waals surface area contributed by atoms with Crippen molar-refractivity contribution in [3.63, 3.8) is 0 Å². The van der Waals surface area contributed by atoms with E-state index in [1.54, 1.807) is 14.2 Å². The van der Waals surface area contributed by atoms with E-state index >= 15 is 0 Å². The molecule has 0 radical (unpaired) electrons. The van der Waals surface area contributed by atoms with Crippen LogP contribution in [0.15, 0.2) is 30.5 Å². The van der Waals surface area contributed by atoms with Gasteiger partial charge in [0.25, 0.3) is 0 Å². The number of methoxy groups -OCH3 is 2. The fourth-order valence-corrected chi connectivity index (χ4v) is 3.57. The van der Waals surface area contributed by atoms with Gasteiger partial charge in [0.05, 0.1) is 39.2 Å². The van der Waals surface area contributed by atoms with Crippen molar-refractivity contribution in [2.24, 2.45) is 0 Å². The second kappa shape index (κ2) is 9.32. The lowest BCUT2D eigenvalue weighted by Gasteiger charge is -2.41. The standard InChI is InChI=1S/C21H29N3O4/c1-14(2)21-22-8-7-16(23-21)12-24-9-10-28-19(13-25)20(24)15-5-6-17(26-3)18(11-15)27-4/h5-8,11,14,19-20,25H,9-10,12-13H2,1-4H3/t19-,20-/m1/s1. The van der Waals surface area contributed by atoms with Gasteiger partial charge in [-0.25, -0.2) is 9.97 Å². The highest BCUT2D eigenvalue weighted by Gasteiger charge is 2.34. The Hall–Kier alpha value is -2.22. The number of hydrogen-bond acceptors (Lipinski definition) is 7. The van der Waals surface area contributed by atoms with E-state index in [4.69, 9.17) is 19.2 Å². The van der Waals surface area contributed by atoms with Gasteiger partial charge in [0.15, 0.2) is 11.5 Å². The molecular formula is C21H29N3O4. The molecule has 7 heteroatoms. The number of hydrogen-bond donors (Lipinski definition) is 1. The zero-order valence-corrected chi connectivity index (χ0v) is 17.0. The van der Waals surface area contributed by atoms with Gasteiger partial charge in [0.2, 0.25) is 0 Å². The maximum Gasteiger partial charge on any atom is 0.161 e. The first-order chi connectivity index (χ1) is 13.6. The fourth-order valence-electron chi connectivity index (χ4n) is 3.57. The molecule has 7 nitrogen and oxygen atoms in total. The molecule has 0 saturated carbocycles. The number of ether oxygens (including phenoxy) is 3. The van der Waals surface area contributed by atoms with Gasteiger partial charge < -0.3 is 19.3 Å². The predicted molar refractivity (Wildman–Crippen MR) is 106 cm³/mol. The molecule has 28 heavy (non-hydrogen) atoms. The third-order valence-electron chi connectivity index (χ3n) is 5.00. The van der Waals surface area contributed by atoms with E-state index in [1.807, 2.05) is 30.5 Å². The molecule has 0 aliphatic carbocycles. The number of aromatic nitrogens is 2. The summed E-state index contributed by atoms with van der Waals surface area (Å²) in [7, 11) is 3.24. The number of rotatable bonds is 7. The van der Waals surface area contributed by atoms with Crippen LogP contribution in [0.25, 0.3) is 0 Å². The number of nitrogens with zero attached hydrogens (tertiary/aromatic N) is 3. The molecule has 3 rings (SSSR count). The molecule has 1 saturated heterocycles. The minimum absolute atomic E-state index is 0.0590. The number of benzene rings is 1. The molecule has 1 aromatic carbocycles. The molecule has 0 spiro atoms. The van der Waals surface area contributed by atoms with Crippen LogP contribution in [-0.4, -0.2) is 60.1 Å². The van der Waals surface area contributed by atoms with Crippen molar-refractivity contribution >= 4 is 0 Å². The Morgan fingerprint density at radius 1 is 1.21 bits per heavy atom. The van der Waals surface area contributed by atoms with Crippen molar-refractivity contribution < 1.29 is 19.3 Å². The van der Waals surface area contributed by atoms with E-state index in [-0.39, 0.29) is 24.7 Å². The van der Waals surface area contributed by atoms with Crippen LogP contribution in [0.1, 0.15) is 42.9 Å². The summed E-state index contributed by atoms with van der Waals surface area (Å²) in [6.07, 6.45) is 1.49. The summed E-state index contributed by atoms with van der Waals surface area (Å²) in [5.41, 5.74) is 1.97. The third-order valence-corrected chi connectivity index (χ3v) is 5.00. The van der Waals surface area contributed by atoms with Gasteiger partial charge in [0, 0.05) is 25.2 Å². The van der Waals surface area contributed by atoms with Crippen LogP contribution in [0.2, 0.25) is 0 Å². The van der Waals surface area contributed by atoms with E-state index < -0.39 is 0 Å². The molecule has 1 aliphatic heterocycles. The van der Waals surface area contributed by atoms with Crippen LogP contribution < -0.4 is 9.47 Å². The van der Waals surface area contributed by atoms with Gasteiger partial charge in [0.1, 0.15) is 11.9 Å². The maximum atomic E-state index is 9.92. The number of aliphatic hydroxyl groups excluding tert-OH is 1. The first-order valence-corrected chi connectivity index (χ1v) is 9.57. The highest BCUT2D eigenvalue weighted by molar-refractivity contribution is 5.44. The van der Waals surface area contributed by atoms with Crippen molar-refractivity contribution in [3.8, 4) is 11.5 Å². The van der Waals surface area contributed by atoms with E-state index in [9.17, 15) is 5.11 Å². The summed E-state index contributed by atoms with van der Waals surface area (Å²) in [6.45, 7) is 6.08. The molecule has 2 atom stereocenters. The monoisotopic (exact) mass is 387 g/mol. The topological polar surface area (TPSA) is 76.9 Å². The van der Waals surface area contributed by atoms with Crippen molar-refractivity contribution in [1.82, 2.24) is 14.9 Å². The van der Waals surface area contributed by atoms with Gasteiger partial charge in [-0.15, -0.1) is 0 Å². The Morgan fingerprint density at radius 2 is 2.00 bits per heavy atom. The first-order valence-electron chi connectivity index (χ1n) is 9.57. The van der Waals surface area contributed by atoms with Crippen LogP contribution in [0.5, 0.6) is 11.5 Å². The van der Waals surface area contributed by atoms with Crippen LogP contribution in [-0.2, 0) is 11.3 Å². The molecule has 1 aromatic heterocycles. The largest absolute Gasteiger partial charge is 0.493 e. The van der Waals surface area contributed by atoms with Gasteiger partial charge in [-0.2, -0.15) is 0 Å². The van der Waals surface area contributed by atoms with Crippen molar-refractivity contribution in [1.29, 1.82) is 0 Å². The van der Waals surface area contributed by atoms with E-state index in [0.29, 0.717) is 24.7 Å². The minimum Gasteiger partial charge on any atom is -0.493 e. The summed E-state index contributed by atoms with van der Waals surface area (Å²) >= 11 is 0. The van der Waals surface area contributed by atoms with Crippen LogP contribution in [0.3, 0.4) is 0 Å². The van der Waals surface area contributed by atoms with Crippen molar-refractivity contribution in [2.75, 3.05) is 34.0 Å². The molecule has 0 unspecified atom stereocenters. The van der Waals surface area contributed by atoms with E-state index in [0.717, 1.165) is 23.6 Å². The summed E-state index contributed by atoms with van der Waals surface area (Å²) in [6, 6.07) is 7.66. The van der Waals surface area contributed by atoms with E-state index in [2.05, 4.69) is 23.7 Å². The summed E-state index contributed by atoms with van der Waals surface area (Å²) in [5.74, 6) is 2.45. The van der Waals surface area contributed by atoms with Gasteiger partial charge in [-0.1, -0.05) is 19.9 Å². The third kappa shape index (κ3) is 4.43. The smallest absolute Gasteiger partial charge is 0.161 e. The lowest BCUT2D eigenvalue weighted by atomic mass is 9.97. The lowest BCUT2D eigenvalue weighted by Crippen LogP contribution is -2.46. The molecule has 0 amide bonds. The van der Waals surface area contributed by atoms with Crippen molar-refractivity contribution in [3.05, 3.63) is 47.5 Å². The second-order valence-electron chi connectivity index (χ2n) is 7.18. The highest BCUT2D eigenvalue weighted by Crippen LogP contribution is 2.36. The average molecular weight is 387 g/mol. The predicted octanol–water partition coefficient (Wildman–Crippen LogP) is 2.55. The quantitative estimate of drug-likeness (QED) is 0.782. The average Bonchev–Trinajstić information content (AvgIpc) is 2.73. The normalized spacial score (nSPS) is 20.4. The Balaban J connectivity index is 1.92. The fraction of sp³-hybridized carbons (Fsp3) is 0.524. The molecule has 2 heterocycles. The first kappa shape index (κ1) is 20.5. The molecule has 0 bridgehead atoms. The zero-order valence-electron chi connectivity index (χ0n) is 17.0. The summed E-state index contributed by atoms with van der Waals surface area (Å²) in [5, 5.41) is 9.92. The zero-order chi connectivity index (χ0) is 20.1. The Kier molecular flexibility index (Phi) is 6.83. The Morgan fingerprint density at radius 3 is 2.68 bits per heavy atom. The van der Waals surface area contributed by atoms with Crippen LogP contribution in [0.4, 0.5) is 0 Å². The molecule has 1 N–H and O–H groups in total. The van der Waals surface area contributed by atoms with Gasteiger partial charge in [-0.3, -0.25) is 4.90 Å². The van der Waals surface area contributed by atoms with Gasteiger partial charge >= 0.3 is 0 Å². The molecular weight excluding hydrogens is 358 g/mol. The molecule has 1 aliphatic rings. The SMILES string of the molecule is COc1ccc([C@@H]2[C@@H](CO)OCCN2Cc2ccnc(C(C)C)n2)cc1OC. The number of morpholine rings is 1. The van der Waals surface area contributed by atoms with E-state index in [1.165, 1.54) is 0 Å². The summed E-state index contributed by atoms with van der Waals surface area (Å²) in [4.78, 5) is 11.4. The van der Waals surface area contributed by atoms with Crippen LogP contribution in [0, 0.1) is 0 Å². The van der Waals surface area contributed by atoms with Crippen molar-refractivity contribution in [2.45, 2.75) is 38.5 Å². The molecule has 2 aromatic rings. The molecule has 1 fully saturated rings. The van der Waals surface area contributed by atoms with Crippen LogP contribution >= 0.6 is 0 Å².